The normalized spacial score (nSPS) is 11.9. The molecular weight excluding hydrogens is 378 g/mol. The van der Waals surface area contributed by atoms with Gasteiger partial charge in [-0.25, -0.2) is 0 Å². The van der Waals surface area contributed by atoms with Crippen molar-refractivity contribution >= 4 is 23.7 Å². The number of carbonyl (C=O) groups is 2. The third-order valence-electron chi connectivity index (χ3n) is 4.54. The van der Waals surface area contributed by atoms with E-state index in [1.807, 2.05) is 48.5 Å². The predicted molar refractivity (Wildman–Crippen MR) is 118 cm³/mol. The average molecular weight is 401 g/mol. The summed E-state index contributed by atoms with van der Waals surface area (Å²) in [5.41, 5.74) is 10.1. The Morgan fingerprint density at radius 2 is 1.70 bits per heavy atom. The molecule has 0 aromatic heterocycles. The topological polar surface area (TPSA) is 105 Å². The maximum Gasteiger partial charge on any atom is 0.255 e. The van der Waals surface area contributed by atoms with Crippen LogP contribution < -0.4 is 15.8 Å². The number of nitrogens with two attached hydrogens (primary N) is 1. The molecule has 0 bridgehead atoms. The van der Waals surface area contributed by atoms with Crippen LogP contribution in [0.4, 0.5) is 5.69 Å². The Morgan fingerprint density at radius 3 is 2.37 bits per heavy atom. The van der Waals surface area contributed by atoms with Crippen molar-refractivity contribution in [3.05, 3.63) is 83.9 Å². The van der Waals surface area contributed by atoms with E-state index < -0.39 is 5.91 Å². The molecule has 1 heterocycles. The molecule has 0 atom stereocenters. The number of hydrogen-bond donors (Lipinski definition) is 3. The van der Waals surface area contributed by atoms with Crippen molar-refractivity contribution in [2.45, 2.75) is 12.8 Å². The lowest BCUT2D eigenvalue weighted by Gasteiger charge is -2.17. The van der Waals surface area contributed by atoms with Gasteiger partial charge < -0.3 is 21.2 Å². The number of ether oxygens (including phenoxy) is 1. The number of benzene rings is 3. The highest BCUT2D eigenvalue weighted by atomic mass is 16.5. The van der Waals surface area contributed by atoms with Gasteiger partial charge in [-0.15, -0.1) is 0 Å². The molecule has 0 fully saturated rings. The van der Waals surface area contributed by atoms with Crippen molar-refractivity contribution in [3.8, 4) is 16.9 Å². The fourth-order valence-electron chi connectivity index (χ4n) is 3.01. The fourth-order valence-corrected chi connectivity index (χ4v) is 3.01. The van der Waals surface area contributed by atoms with Crippen molar-refractivity contribution in [1.29, 1.82) is 5.41 Å². The van der Waals surface area contributed by atoms with Gasteiger partial charge in [0.05, 0.1) is 0 Å². The van der Waals surface area contributed by atoms with Crippen LogP contribution in [0.3, 0.4) is 0 Å². The molecule has 0 aliphatic carbocycles. The number of hydrogen-bond acceptors (Lipinski definition) is 4. The first-order valence-corrected chi connectivity index (χ1v) is 9.55. The first-order valence-electron chi connectivity index (χ1n) is 9.55. The molecule has 0 unspecified atom stereocenters. The molecule has 3 aromatic carbocycles. The zero-order chi connectivity index (χ0) is 21.3. The van der Waals surface area contributed by atoms with Crippen LogP contribution in [0.5, 0.6) is 5.75 Å². The van der Waals surface area contributed by atoms with Gasteiger partial charge in [0.15, 0.2) is 6.61 Å². The zero-order valence-corrected chi connectivity index (χ0v) is 16.4. The second kappa shape index (κ2) is 10.0. The molecule has 152 valence electrons. The lowest BCUT2D eigenvalue weighted by molar-refractivity contribution is -0.120. The molecule has 0 saturated carbocycles. The highest BCUT2D eigenvalue weighted by molar-refractivity contribution is 5.94. The van der Waals surface area contributed by atoms with Gasteiger partial charge in [-0.2, -0.15) is 0 Å². The zero-order valence-electron chi connectivity index (χ0n) is 16.4. The first kappa shape index (κ1) is 20.8. The maximum absolute atomic E-state index is 11.1. The summed E-state index contributed by atoms with van der Waals surface area (Å²) in [5, 5.41) is 9.86. The van der Waals surface area contributed by atoms with E-state index in [0.29, 0.717) is 18.6 Å². The summed E-state index contributed by atoms with van der Waals surface area (Å²) in [6, 6.07) is 23.5. The molecule has 0 spiro atoms. The third-order valence-corrected chi connectivity index (χ3v) is 4.54. The molecule has 4 rings (SSSR count). The van der Waals surface area contributed by atoms with Crippen molar-refractivity contribution < 1.29 is 14.3 Å². The minimum Gasteiger partial charge on any atom is -0.484 e. The summed E-state index contributed by atoms with van der Waals surface area (Å²) < 4.78 is 5.17. The van der Waals surface area contributed by atoms with Crippen molar-refractivity contribution in [2.24, 2.45) is 5.73 Å². The number of primary amides is 1. The Labute approximate surface area is 175 Å². The van der Waals surface area contributed by atoms with Crippen LogP contribution in [0.15, 0.2) is 72.8 Å². The summed E-state index contributed by atoms with van der Waals surface area (Å²) >= 11 is 0. The number of fused-ring (bicyclic) bond motifs is 1. The van der Waals surface area contributed by atoms with Gasteiger partial charge in [-0.05, 0) is 46.9 Å². The monoisotopic (exact) mass is 401 g/mol. The highest BCUT2D eigenvalue weighted by Gasteiger charge is 2.15. The average Bonchev–Trinajstić information content (AvgIpc) is 2.78. The van der Waals surface area contributed by atoms with Gasteiger partial charge in [0.2, 0.25) is 5.91 Å². The molecule has 0 radical (unpaired) electrons. The van der Waals surface area contributed by atoms with Crippen molar-refractivity contribution in [2.75, 3.05) is 11.9 Å². The van der Waals surface area contributed by atoms with Gasteiger partial charge in [0, 0.05) is 18.3 Å². The van der Waals surface area contributed by atoms with E-state index >= 15 is 0 Å². The molecule has 2 amide bonds. The highest BCUT2D eigenvalue weighted by Crippen LogP contribution is 2.26. The Hall–Kier alpha value is -3.93. The summed E-state index contributed by atoms with van der Waals surface area (Å²) in [7, 11) is 0. The Balaban J connectivity index is 0.000000172. The summed E-state index contributed by atoms with van der Waals surface area (Å²) in [5.74, 6) is 0.109. The van der Waals surface area contributed by atoms with Gasteiger partial charge in [0.25, 0.3) is 5.91 Å². The van der Waals surface area contributed by atoms with Crippen LogP contribution in [0, 0.1) is 5.41 Å². The number of amides is 2. The van der Waals surface area contributed by atoms with E-state index in [1.54, 1.807) is 12.1 Å². The third kappa shape index (κ3) is 5.78. The Bertz CT molecular complexity index is 1030. The Morgan fingerprint density at radius 1 is 1.00 bits per heavy atom. The second-order valence-corrected chi connectivity index (χ2v) is 6.75. The lowest BCUT2D eigenvalue weighted by Crippen LogP contribution is -2.21. The Kier molecular flexibility index (Phi) is 6.95. The lowest BCUT2D eigenvalue weighted by atomic mass is 10.0. The summed E-state index contributed by atoms with van der Waals surface area (Å²) in [6.07, 6.45) is 2.52. The van der Waals surface area contributed by atoms with Gasteiger partial charge in [-0.3, -0.25) is 9.59 Å². The maximum atomic E-state index is 11.1. The van der Waals surface area contributed by atoms with Crippen LogP contribution in [0.25, 0.3) is 11.1 Å². The number of aryl methyl sites for hydroxylation is 1. The molecule has 1 aliphatic heterocycles. The van der Waals surface area contributed by atoms with Crippen LogP contribution in [-0.2, 0) is 16.0 Å². The van der Waals surface area contributed by atoms with E-state index in [-0.39, 0.29) is 12.5 Å². The number of rotatable bonds is 5. The predicted octanol–water partition coefficient (Wildman–Crippen LogP) is 3.79. The van der Waals surface area contributed by atoms with E-state index in [1.165, 1.54) is 17.3 Å². The minimum absolute atomic E-state index is 0.0262. The second-order valence-electron chi connectivity index (χ2n) is 6.75. The molecule has 30 heavy (non-hydrogen) atoms. The molecule has 6 heteroatoms. The SMILES string of the molecule is N=Cc1ccc(-c2ccccc2)cc1.NC(=O)COc1ccc2c(c1)CCC(=O)N2. The smallest absolute Gasteiger partial charge is 0.255 e. The van der Waals surface area contributed by atoms with Crippen molar-refractivity contribution in [3.63, 3.8) is 0 Å². The number of anilines is 1. The fraction of sp³-hybridized carbons (Fsp3) is 0.125. The largest absolute Gasteiger partial charge is 0.484 e. The molecule has 6 nitrogen and oxygen atoms in total. The quantitative estimate of drug-likeness (QED) is 0.567. The van der Waals surface area contributed by atoms with Crippen LogP contribution in [0.2, 0.25) is 0 Å². The van der Waals surface area contributed by atoms with Gasteiger partial charge in [-0.1, -0.05) is 54.6 Å². The van der Waals surface area contributed by atoms with Crippen LogP contribution >= 0.6 is 0 Å². The minimum atomic E-state index is -0.508. The molecule has 0 saturated heterocycles. The summed E-state index contributed by atoms with van der Waals surface area (Å²) in [6.45, 7) is -0.134. The number of carbonyl (C=O) groups excluding carboxylic acids is 2. The number of nitrogens with one attached hydrogen (secondary N) is 2. The molecular formula is C24H23N3O3. The van der Waals surface area contributed by atoms with Gasteiger partial charge in [0.1, 0.15) is 5.75 Å². The first-order chi connectivity index (χ1) is 14.5. The van der Waals surface area contributed by atoms with E-state index in [9.17, 15) is 9.59 Å². The van der Waals surface area contributed by atoms with E-state index in [4.69, 9.17) is 15.9 Å². The van der Waals surface area contributed by atoms with Crippen LogP contribution in [-0.4, -0.2) is 24.6 Å². The van der Waals surface area contributed by atoms with E-state index in [0.717, 1.165) is 16.8 Å². The van der Waals surface area contributed by atoms with Gasteiger partial charge >= 0.3 is 0 Å². The molecule has 4 N–H and O–H groups in total. The van der Waals surface area contributed by atoms with Crippen LogP contribution in [0.1, 0.15) is 17.5 Å². The van der Waals surface area contributed by atoms with Crippen molar-refractivity contribution in [1.82, 2.24) is 0 Å². The molecule has 1 aliphatic rings. The molecule has 3 aromatic rings. The summed E-state index contributed by atoms with van der Waals surface area (Å²) in [4.78, 5) is 21.7. The standard InChI is InChI=1S/C13H11N.C11H12N2O3/c14-10-11-6-8-13(9-7-11)12-4-2-1-3-5-12;12-10(14)6-16-8-2-3-9-7(5-8)1-4-11(15)13-9/h1-10,14H;2-3,5H,1,4,6H2,(H2,12,14)(H,13,15). The van der Waals surface area contributed by atoms with E-state index in [2.05, 4.69) is 17.4 Å².